The van der Waals surface area contributed by atoms with E-state index in [-0.39, 0.29) is 5.56 Å². The lowest BCUT2D eigenvalue weighted by Crippen LogP contribution is -2.31. The first-order chi connectivity index (χ1) is 11.2. The Morgan fingerprint density at radius 1 is 1.04 bits per heavy atom. The van der Waals surface area contributed by atoms with Crippen LogP contribution < -0.4 is 11.0 Å². The summed E-state index contributed by atoms with van der Waals surface area (Å²) in [6, 6.07) is 15.2. The second-order valence-electron chi connectivity index (χ2n) is 5.35. The molecular formula is C17H15N5O. The highest BCUT2D eigenvalue weighted by atomic mass is 16.1. The molecule has 2 aromatic heterocycles. The number of nitrogens with zero attached hydrogens (tertiary/aromatic N) is 3. The average Bonchev–Trinajstić information content (AvgIpc) is 2.97. The molecule has 0 atom stereocenters. The highest BCUT2D eigenvalue weighted by molar-refractivity contribution is 5.77. The zero-order valence-corrected chi connectivity index (χ0v) is 12.6. The molecule has 2 heterocycles. The number of H-pyrrole nitrogens is 1. The maximum Gasteiger partial charge on any atom is 0.279 e. The topological polar surface area (TPSA) is 75.6 Å². The summed E-state index contributed by atoms with van der Waals surface area (Å²) in [7, 11) is 0. The van der Waals surface area contributed by atoms with Gasteiger partial charge in [-0.3, -0.25) is 4.79 Å². The third-order valence-electron chi connectivity index (χ3n) is 3.79. The Bertz CT molecular complexity index is 1030. The normalized spacial score (nSPS) is 11.2. The van der Waals surface area contributed by atoms with Crippen LogP contribution in [0.1, 0.15) is 11.6 Å². The summed E-state index contributed by atoms with van der Waals surface area (Å²) in [5.74, 6) is 1.38. The Hall–Kier alpha value is -3.15. The SMILES string of the molecule is Cc1nc2ccccc2c(=O)n1NCc1nc2ccccc2[nH]1. The fourth-order valence-corrected chi connectivity index (χ4v) is 2.67. The molecule has 0 amide bonds. The van der Waals surface area contributed by atoms with Crippen LogP contribution in [0, 0.1) is 6.92 Å². The molecule has 0 bridgehead atoms. The number of nitrogens with one attached hydrogen (secondary N) is 2. The van der Waals surface area contributed by atoms with E-state index in [1.807, 2.05) is 42.5 Å². The van der Waals surface area contributed by atoms with Crippen LogP contribution in [0.3, 0.4) is 0 Å². The van der Waals surface area contributed by atoms with Crippen LogP contribution in [-0.4, -0.2) is 19.6 Å². The van der Waals surface area contributed by atoms with Gasteiger partial charge in [-0.25, -0.2) is 14.6 Å². The summed E-state index contributed by atoms with van der Waals surface area (Å²) < 4.78 is 1.47. The third-order valence-corrected chi connectivity index (χ3v) is 3.79. The van der Waals surface area contributed by atoms with Crippen LogP contribution in [0.25, 0.3) is 21.9 Å². The molecule has 0 aliphatic rings. The summed E-state index contributed by atoms with van der Waals surface area (Å²) in [5, 5.41) is 0.593. The van der Waals surface area contributed by atoms with Gasteiger partial charge in [0.25, 0.3) is 5.56 Å². The number of aromatic nitrogens is 4. The molecule has 0 aliphatic heterocycles. The van der Waals surface area contributed by atoms with E-state index in [1.165, 1.54) is 4.68 Å². The van der Waals surface area contributed by atoms with Crippen molar-refractivity contribution in [2.24, 2.45) is 0 Å². The highest BCUT2D eigenvalue weighted by Gasteiger charge is 2.08. The molecule has 2 N–H and O–H groups in total. The smallest absolute Gasteiger partial charge is 0.279 e. The first-order valence-electron chi connectivity index (χ1n) is 7.38. The Labute approximate surface area is 131 Å². The van der Waals surface area contributed by atoms with E-state index in [2.05, 4.69) is 20.4 Å². The van der Waals surface area contributed by atoms with E-state index >= 15 is 0 Å². The van der Waals surface area contributed by atoms with E-state index in [4.69, 9.17) is 0 Å². The van der Waals surface area contributed by atoms with Gasteiger partial charge in [-0.15, -0.1) is 0 Å². The molecule has 0 saturated carbocycles. The van der Waals surface area contributed by atoms with Crippen molar-refractivity contribution in [1.82, 2.24) is 19.6 Å². The molecule has 114 valence electrons. The number of imidazole rings is 1. The van der Waals surface area contributed by atoms with Crippen LogP contribution in [0.5, 0.6) is 0 Å². The van der Waals surface area contributed by atoms with E-state index < -0.39 is 0 Å². The minimum atomic E-state index is -0.107. The lowest BCUT2D eigenvalue weighted by molar-refractivity contribution is 0.740. The van der Waals surface area contributed by atoms with E-state index in [0.29, 0.717) is 23.3 Å². The third kappa shape index (κ3) is 2.34. The van der Waals surface area contributed by atoms with Crippen LogP contribution in [0.15, 0.2) is 53.3 Å². The van der Waals surface area contributed by atoms with Gasteiger partial charge < -0.3 is 10.4 Å². The molecule has 0 unspecified atom stereocenters. The zero-order valence-electron chi connectivity index (χ0n) is 12.6. The number of rotatable bonds is 3. The molecule has 2 aromatic carbocycles. The highest BCUT2D eigenvalue weighted by Crippen LogP contribution is 2.10. The van der Waals surface area contributed by atoms with Crippen molar-refractivity contribution < 1.29 is 0 Å². The standard InChI is InChI=1S/C17H15N5O/c1-11-19-13-7-3-2-6-12(13)17(23)22(11)18-10-16-20-14-8-4-5-9-15(14)21-16/h2-9,18H,10H2,1H3,(H,20,21). The average molecular weight is 305 g/mol. The first-order valence-corrected chi connectivity index (χ1v) is 7.38. The van der Waals surface area contributed by atoms with Gasteiger partial charge in [0.05, 0.1) is 28.5 Å². The summed E-state index contributed by atoms with van der Waals surface area (Å²) in [6.45, 7) is 2.22. The van der Waals surface area contributed by atoms with E-state index in [1.54, 1.807) is 13.0 Å². The first kappa shape index (κ1) is 13.5. The molecule has 23 heavy (non-hydrogen) atoms. The largest absolute Gasteiger partial charge is 0.340 e. The Kier molecular flexibility index (Phi) is 3.08. The van der Waals surface area contributed by atoms with Gasteiger partial charge in [0.1, 0.15) is 11.6 Å². The number of benzene rings is 2. The molecule has 0 fully saturated rings. The lowest BCUT2D eigenvalue weighted by Gasteiger charge is -2.12. The van der Waals surface area contributed by atoms with Crippen molar-refractivity contribution in [1.29, 1.82) is 0 Å². The van der Waals surface area contributed by atoms with Crippen molar-refractivity contribution in [2.75, 3.05) is 5.43 Å². The van der Waals surface area contributed by atoms with E-state index in [0.717, 1.165) is 16.9 Å². The van der Waals surface area contributed by atoms with Gasteiger partial charge in [-0.1, -0.05) is 24.3 Å². The Morgan fingerprint density at radius 2 is 1.78 bits per heavy atom. The molecular weight excluding hydrogens is 290 g/mol. The van der Waals surface area contributed by atoms with Crippen molar-refractivity contribution in [3.05, 3.63) is 70.5 Å². The maximum absolute atomic E-state index is 12.6. The molecule has 4 aromatic rings. The number of hydrogen-bond donors (Lipinski definition) is 2. The monoisotopic (exact) mass is 305 g/mol. The van der Waals surface area contributed by atoms with Crippen LogP contribution in [-0.2, 0) is 6.54 Å². The summed E-state index contributed by atoms with van der Waals surface area (Å²) >= 11 is 0. The number of aromatic amines is 1. The minimum Gasteiger partial charge on any atom is -0.340 e. The quantitative estimate of drug-likeness (QED) is 0.609. The van der Waals surface area contributed by atoms with Crippen molar-refractivity contribution in [3.63, 3.8) is 0 Å². The summed E-state index contributed by atoms with van der Waals surface area (Å²) in [4.78, 5) is 24.8. The second kappa shape index (κ2) is 5.24. The molecule has 0 spiro atoms. The molecule has 6 heteroatoms. The number of fused-ring (bicyclic) bond motifs is 2. The van der Waals surface area contributed by atoms with Crippen LogP contribution >= 0.6 is 0 Å². The maximum atomic E-state index is 12.6. The van der Waals surface area contributed by atoms with Crippen molar-refractivity contribution >= 4 is 21.9 Å². The number of para-hydroxylation sites is 3. The van der Waals surface area contributed by atoms with Gasteiger partial charge in [-0.05, 0) is 31.2 Å². The Balaban J connectivity index is 1.68. The second-order valence-corrected chi connectivity index (χ2v) is 5.35. The van der Waals surface area contributed by atoms with Crippen molar-refractivity contribution in [3.8, 4) is 0 Å². The van der Waals surface area contributed by atoms with Crippen molar-refractivity contribution in [2.45, 2.75) is 13.5 Å². The number of hydrogen-bond acceptors (Lipinski definition) is 4. The molecule has 0 radical (unpaired) electrons. The van der Waals surface area contributed by atoms with Gasteiger partial charge in [0.2, 0.25) is 0 Å². The predicted octanol–water partition coefficient (Wildman–Crippen LogP) is 2.32. The molecule has 0 aliphatic carbocycles. The number of aryl methyl sites for hydroxylation is 1. The zero-order chi connectivity index (χ0) is 15.8. The van der Waals surface area contributed by atoms with Crippen LogP contribution in [0.2, 0.25) is 0 Å². The summed E-state index contributed by atoms with van der Waals surface area (Å²) in [6.07, 6.45) is 0. The predicted molar refractivity (Wildman–Crippen MR) is 89.9 cm³/mol. The molecule has 6 nitrogen and oxygen atoms in total. The molecule has 0 saturated heterocycles. The van der Waals surface area contributed by atoms with Gasteiger partial charge in [0, 0.05) is 0 Å². The lowest BCUT2D eigenvalue weighted by atomic mass is 10.2. The molecule has 4 rings (SSSR count). The fraction of sp³-hybridized carbons (Fsp3) is 0.118. The summed E-state index contributed by atoms with van der Waals surface area (Å²) in [5.41, 5.74) is 5.58. The minimum absolute atomic E-state index is 0.107. The Morgan fingerprint density at radius 3 is 2.61 bits per heavy atom. The van der Waals surface area contributed by atoms with E-state index in [9.17, 15) is 4.79 Å². The van der Waals surface area contributed by atoms with Gasteiger partial charge in [-0.2, -0.15) is 0 Å². The fourth-order valence-electron chi connectivity index (χ4n) is 2.67. The van der Waals surface area contributed by atoms with Gasteiger partial charge in [0.15, 0.2) is 0 Å². The van der Waals surface area contributed by atoms with Crippen LogP contribution in [0.4, 0.5) is 0 Å². The van der Waals surface area contributed by atoms with Gasteiger partial charge >= 0.3 is 0 Å².